The fourth-order valence-electron chi connectivity index (χ4n) is 0.141. The number of rotatable bonds is 0. The van der Waals surface area contributed by atoms with Crippen molar-refractivity contribution in [2.24, 2.45) is 0 Å². The van der Waals surface area contributed by atoms with Crippen molar-refractivity contribution in [2.45, 2.75) is 0 Å². The van der Waals surface area contributed by atoms with Crippen LogP contribution in [0.1, 0.15) is 0 Å². The third-order valence-corrected chi connectivity index (χ3v) is 0.741. The van der Waals surface area contributed by atoms with E-state index in [1.165, 1.54) is 0 Å². The van der Waals surface area contributed by atoms with Crippen LogP contribution in [0.25, 0.3) is 0 Å². The van der Waals surface area contributed by atoms with Gasteiger partial charge in [0.2, 0.25) is 0 Å². The van der Waals surface area contributed by atoms with Crippen molar-refractivity contribution in [1.29, 1.82) is 0 Å². The molecule has 4 heteroatoms. The van der Waals surface area contributed by atoms with Crippen LogP contribution < -0.4 is 0 Å². The molecule has 1 radical (unpaired) electrons. The van der Waals surface area contributed by atoms with Crippen molar-refractivity contribution < 1.29 is 5.11 Å². The first-order valence-corrected chi connectivity index (χ1v) is 2.02. The summed E-state index contributed by atoms with van der Waals surface area (Å²) in [6, 6.07) is 0. The molecular weight excluding hydrogens is 100 g/mol. The zero-order valence-corrected chi connectivity index (χ0v) is 3.57. The van der Waals surface area contributed by atoms with Gasteiger partial charge in [0.25, 0.3) is 5.88 Å². The van der Waals surface area contributed by atoms with E-state index in [0.29, 0.717) is 0 Å². The molecule has 0 aliphatic carbocycles. The molecule has 31 valence electrons. The molecule has 0 aliphatic heterocycles. The Morgan fingerprint density at radius 2 is 2.67 bits per heavy atom. The summed E-state index contributed by atoms with van der Waals surface area (Å²) in [6.07, 6.45) is 2.21. The van der Waals surface area contributed by atoms with Crippen LogP contribution >= 0.6 is 11.7 Å². The maximum Gasteiger partial charge on any atom is 0.253 e. The van der Waals surface area contributed by atoms with Crippen LogP contribution in [0.15, 0.2) is 0 Å². The molecule has 1 heterocycles. The second-order valence-electron chi connectivity index (χ2n) is 0.700. The summed E-state index contributed by atoms with van der Waals surface area (Å²) in [6.45, 7) is 0. The lowest BCUT2D eigenvalue weighted by Crippen LogP contribution is -1.51. The highest BCUT2D eigenvalue weighted by molar-refractivity contribution is 6.99. The maximum absolute atomic E-state index is 8.25. The van der Waals surface area contributed by atoms with Crippen molar-refractivity contribution in [3.8, 4) is 5.88 Å². The summed E-state index contributed by atoms with van der Waals surface area (Å²) in [5, 5.41) is 8.25. The van der Waals surface area contributed by atoms with Gasteiger partial charge in [0.15, 0.2) is 6.20 Å². The first-order valence-electron chi connectivity index (χ1n) is 1.29. The minimum atomic E-state index is -0.125. The molecule has 0 aromatic carbocycles. The summed E-state index contributed by atoms with van der Waals surface area (Å²) >= 11 is 0.934. The lowest BCUT2D eigenvalue weighted by molar-refractivity contribution is 0.457. The largest absolute Gasteiger partial charge is 0.491 e. The molecule has 0 bridgehead atoms. The zero-order chi connectivity index (χ0) is 4.41. The van der Waals surface area contributed by atoms with Crippen LogP contribution in [0.5, 0.6) is 5.88 Å². The molecule has 0 spiro atoms. The molecule has 0 saturated heterocycles. The average Bonchev–Trinajstić information content (AvgIpc) is 1.86. The summed E-state index contributed by atoms with van der Waals surface area (Å²) in [7, 11) is 0. The Morgan fingerprint density at radius 1 is 1.83 bits per heavy atom. The lowest BCUT2D eigenvalue weighted by atomic mass is 10.9. The molecular formula is C2HN2OS. The summed E-state index contributed by atoms with van der Waals surface area (Å²) < 4.78 is 6.72. The summed E-state index contributed by atoms with van der Waals surface area (Å²) in [4.78, 5) is 0. The van der Waals surface area contributed by atoms with Gasteiger partial charge in [-0.2, -0.15) is 4.37 Å². The fraction of sp³-hybridized carbons (Fsp3) is 0. The minimum Gasteiger partial charge on any atom is -0.491 e. The standard InChI is InChI=1S/C2HN2OS/c5-2-1-3-6-4-2/h(H,4,5). The maximum atomic E-state index is 8.25. The Bertz CT molecular complexity index is 115. The first kappa shape index (κ1) is 3.55. The monoisotopic (exact) mass is 101 g/mol. The van der Waals surface area contributed by atoms with Crippen molar-refractivity contribution >= 4 is 11.7 Å². The van der Waals surface area contributed by atoms with E-state index in [-0.39, 0.29) is 5.88 Å². The van der Waals surface area contributed by atoms with Crippen molar-refractivity contribution in [1.82, 2.24) is 8.75 Å². The van der Waals surface area contributed by atoms with Crippen LogP contribution in [0.4, 0.5) is 0 Å². The summed E-state index contributed by atoms with van der Waals surface area (Å²) in [5.41, 5.74) is 0. The molecule has 0 amide bonds. The van der Waals surface area contributed by atoms with Crippen LogP contribution in [0.2, 0.25) is 0 Å². The van der Waals surface area contributed by atoms with E-state index in [4.69, 9.17) is 5.11 Å². The highest BCUT2D eigenvalue weighted by atomic mass is 32.1. The molecule has 0 fully saturated rings. The average molecular weight is 101 g/mol. The Kier molecular flexibility index (Phi) is 0.719. The topological polar surface area (TPSA) is 46.0 Å². The third kappa shape index (κ3) is 0.463. The number of hydrogen-bond donors (Lipinski definition) is 1. The van der Waals surface area contributed by atoms with E-state index in [2.05, 4.69) is 14.9 Å². The van der Waals surface area contributed by atoms with Gasteiger partial charge in [-0.15, -0.1) is 4.37 Å². The number of aromatic nitrogens is 2. The minimum absolute atomic E-state index is 0.125. The van der Waals surface area contributed by atoms with Crippen LogP contribution in [-0.2, 0) is 0 Å². The van der Waals surface area contributed by atoms with E-state index >= 15 is 0 Å². The number of hydrogen-bond acceptors (Lipinski definition) is 4. The normalized spacial score (nSPS) is 8.67. The fourth-order valence-corrected chi connectivity index (χ4v) is 0.422. The molecule has 1 aromatic heterocycles. The molecule has 1 rings (SSSR count). The van der Waals surface area contributed by atoms with Crippen molar-refractivity contribution in [3.63, 3.8) is 0 Å². The van der Waals surface area contributed by atoms with Gasteiger partial charge in [-0.3, -0.25) is 0 Å². The van der Waals surface area contributed by atoms with E-state index in [1.54, 1.807) is 0 Å². The van der Waals surface area contributed by atoms with Gasteiger partial charge in [-0.1, -0.05) is 0 Å². The predicted octanol–water partition coefficient (Wildman–Crippen LogP) is 0.0439. The number of aromatic hydroxyl groups is 1. The Balaban J connectivity index is 3.05. The molecule has 1 N–H and O–H groups in total. The molecule has 1 aromatic rings. The van der Waals surface area contributed by atoms with Crippen LogP contribution in [0.3, 0.4) is 0 Å². The Morgan fingerprint density at radius 3 is 2.83 bits per heavy atom. The number of nitrogens with zero attached hydrogens (tertiary/aromatic N) is 2. The van der Waals surface area contributed by atoms with Gasteiger partial charge >= 0.3 is 0 Å². The molecule has 0 saturated carbocycles. The highest BCUT2D eigenvalue weighted by Gasteiger charge is 1.83. The second kappa shape index (κ2) is 1.22. The van der Waals surface area contributed by atoms with Crippen molar-refractivity contribution in [2.75, 3.05) is 0 Å². The molecule has 0 atom stereocenters. The first-order chi connectivity index (χ1) is 2.89. The molecule has 6 heavy (non-hydrogen) atoms. The molecule has 3 nitrogen and oxygen atoms in total. The Labute approximate surface area is 38.6 Å². The lowest BCUT2D eigenvalue weighted by Gasteiger charge is -1.62. The van der Waals surface area contributed by atoms with Gasteiger partial charge < -0.3 is 5.11 Å². The van der Waals surface area contributed by atoms with Gasteiger partial charge in [-0.25, -0.2) is 0 Å². The predicted molar refractivity (Wildman–Crippen MR) is 20.4 cm³/mol. The quantitative estimate of drug-likeness (QED) is 0.502. The Hall–Kier alpha value is -0.640. The van der Waals surface area contributed by atoms with Gasteiger partial charge in [-0.05, 0) is 0 Å². The van der Waals surface area contributed by atoms with E-state index in [0.717, 1.165) is 11.7 Å². The van der Waals surface area contributed by atoms with Gasteiger partial charge in [0.05, 0.1) is 11.7 Å². The highest BCUT2D eigenvalue weighted by Crippen LogP contribution is 1.97. The zero-order valence-electron chi connectivity index (χ0n) is 2.75. The van der Waals surface area contributed by atoms with Gasteiger partial charge in [0, 0.05) is 0 Å². The van der Waals surface area contributed by atoms with Crippen LogP contribution in [-0.4, -0.2) is 13.9 Å². The SMILES string of the molecule is Oc1[c]nsn1. The van der Waals surface area contributed by atoms with E-state index in [1.807, 2.05) is 0 Å². The molecule has 0 unspecified atom stereocenters. The van der Waals surface area contributed by atoms with Crippen LogP contribution in [0, 0.1) is 6.20 Å². The van der Waals surface area contributed by atoms with E-state index < -0.39 is 0 Å². The molecule has 0 aliphatic rings. The van der Waals surface area contributed by atoms with Gasteiger partial charge in [0.1, 0.15) is 0 Å². The second-order valence-corrected chi connectivity index (χ2v) is 1.23. The smallest absolute Gasteiger partial charge is 0.253 e. The summed E-state index contributed by atoms with van der Waals surface area (Å²) in [5.74, 6) is -0.125. The third-order valence-electron chi connectivity index (χ3n) is 0.314. The van der Waals surface area contributed by atoms with E-state index in [9.17, 15) is 0 Å². The van der Waals surface area contributed by atoms with Crippen molar-refractivity contribution in [3.05, 3.63) is 6.20 Å².